The minimum atomic E-state index is -5.25. The minimum absolute atomic E-state index is 0.742. The smallest absolute Gasteiger partial charge is 0.170 e. The Labute approximate surface area is 71.2 Å². The summed E-state index contributed by atoms with van der Waals surface area (Å²) in [5.74, 6) is -3.29. The normalized spacial score (nSPS) is 14.5. The Morgan fingerprint density at radius 1 is 1.00 bits per heavy atom. The maximum Gasteiger partial charge on any atom is 0.400 e. The van der Waals surface area contributed by atoms with Crippen molar-refractivity contribution in [2.45, 2.75) is 18.8 Å². The largest absolute Gasteiger partial charge is 0.400 e. The molecule has 0 unspecified atom stereocenters. The van der Waals surface area contributed by atoms with Crippen LogP contribution in [0.25, 0.3) is 0 Å². The van der Waals surface area contributed by atoms with Crippen LogP contribution >= 0.6 is 0 Å². The molecule has 0 atom stereocenters. The van der Waals surface area contributed by atoms with Crippen molar-refractivity contribution < 1.29 is 26.3 Å². The lowest BCUT2D eigenvalue weighted by Gasteiger charge is -2.21. The summed E-state index contributed by atoms with van der Waals surface area (Å²) in [5, 5.41) is 0. The van der Waals surface area contributed by atoms with E-state index in [0.29, 0.717) is 0 Å². The van der Waals surface area contributed by atoms with Crippen LogP contribution in [0.4, 0.5) is 26.3 Å². The number of rotatable bonds is 2. The van der Waals surface area contributed by atoms with E-state index in [0.717, 1.165) is 12.2 Å². The van der Waals surface area contributed by atoms with E-state index in [1.54, 1.807) is 0 Å². The van der Waals surface area contributed by atoms with Gasteiger partial charge in [-0.2, -0.15) is 26.3 Å². The van der Waals surface area contributed by atoms with Gasteiger partial charge < -0.3 is 0 Å². The molecule has 0 aliphatic rings. The molecule has 6 heteroatoms. The van der Waals surface area contributed by atoms with Gasteiger partial charge in [-0.1, -0.05) is 12.2 Å². The number of allylic oxidation sites excluding steroid dienone is 2. The maximum atomic E-state index is 11.8. The minimum Gasteiger partial charge on any atom is -0.170 e. The second-order valence-corrected chi connectivity index (χ2v) is 2.34. The van der Waals surface area contributed by atoms with Gasteiger partial charge in [0.15, 0.2) is 5.92 Å². The lowest BCUT2D eigenvalue weighted by molar-refractivity contribution is -0.282. The molecule has 0 fully saturated rings. The van der Waals surface area contributed by atoms with Crippen LogP contribution in [0, 0.1) is 12.8 Å². The first kappa shape index (κ1) is 12.3. The zero-order valence-corrected chi connectivity index (χ0v) is 6.41. The molecule has 0 nitrogen and oxygen atoms in total. The van der Waals surface area contributed by atoms with Crippen molar-refractivity contribution in [3.63, 3.8) is 0 Å². The number of hydrogen-bond donors (Lipinski definition) is 0. The molecule has 0 saturated carbocycles. The number of hydrogen-bond acceptors (Lipinski definition) is 0. The van der Waals surface area contributed by atoms with Crippen LogP contribution in [0.5, 0.6) is 0 Å². The van der Waals surface area contributed by atoms with Crippen molar-refractivity contribution in [3.05, 3.63) is 19.1 Å². The first-order valence-corrected chi connectivity index (χ1v) is 3.27. The van der Waals surface area contributed by atoms with Crippen LogP contribution in [0.15, 0.2) is 12.2 Å². The van der Waals surface area contributed by atoms with Crippen molar-refractivity contribution in [2.24, 2.45) is 5.92 Å². The SMILES string of the molecule is [CH2]/C=C/CC(C(F)(F)F)C(F)(F)F. The highest BCUT2D eigenvalue weighted by atomic mass is 19.4. The maximum absolute atomic E-state index is 11.8. The molecule has 0 N–H and O–H groups in total. The average molecular weight is 205 g/mol. The molecular weight excluding hydrogens is 198 g/mol. The first-order valence-electron chi connectivity index (χ1n) is 3.27. The van der Waals surface area contributed by atoms with E-state index < -0.39 is 24.7 Å². The average Bonchev–Trinajstić information content (AvgIpc) is 1.81. The Kier molecular flexibility index (Phi) is 3.81. The number of halogens is 6. The van der Waals surface area contributed by atoms with Crippen LogP contribution in [0.2, 0.25) is 0 Å². The van der Waals surface area contributed by atoms with Gasteiger partial charge in [0.25, 0.3) is 0 Å². The summed E-state index contributed by atoms with van der Waals surface area (Å²) in [4.78, 5) is 0. The van der Waals surface area contributed by atoms with Gasteiger partial charge in [0.2, 0.25) is 0 Å². The third-order valence-corrected chi connectivity index (χ3v) is 1.33. The summed E-state index contributed by atoms with van der Waals surface area (Å²) in [6, 6.07) is 0. The molecule has 77 valence electrons. The van der Waals surface area contributed by atoms with Gasteiger partial charge in [-0.05, 0) is 13.3 Å². The van der Waals surface area contributed by atoms with Crippen LogP contribution in [-0.2, 0) is 0 Å². The molecule has 13 heavy (non-hydrogen) atoms. The Balaban J connectivity index is 4.57. The first-order chi connectivity index (χ1) is 5.69. The standard InChI is InChI=1S/C7H7F6/c1-2-3-4-5(6(8,9)10)7(11,12)13/h2-3,5H,1,4H2/b3-2+. The lowest BCUT2D eigenvalue weighted by Crippen LogP contribution is -2.35. The van der Waals surface area contributed by atoms with E-state index >= 15 is 0 Å². The molecule has 0 saturated heterocycles. The van der Waals surface area contributed by atoms with Crippen LogP contribution < -0.4 is 0 Å². The zero-order chi connectivity index (χ0) is 10.7. The fraction of sp³-hybridized carbons (Fsp3) is 0.571. The van der Waals surface area contributed by atoms with Crippen molar-refractivity contribution in [1.82, 2.24) is 0 Å². The molecule has 0 aromatic heterocycles. The Hall–Kier alpha value is -0.680. The summed E-state index contributed by atoms with van der Waals surface area (Å²) in [5.41, 5.74) is 0. The highest BCUT2D eigenvalue weighted by Crippen LogP contribution is 2.41. The second kappa shape index (κ2) is 4.02. The van der Waals surface area contributed by atoms with Gasteiger partial charge in [0.05, 0.1) is 0 Å². The van der Waals surface area contributed by atoms with Crippen molar-refractivity contribution >= 4 is 0 Å². The van der Waals surface area contributed by atoms with Crippen LogP contribution in [0.1, 0.15) is 6.42 Å². The predicted molar refractivity (Wildman–Crippen MR) is 34.7 cm³/mol. The van der Waals surface area contributed by atoms with E-state index in [9.17, 15) is 26.3 Å². The zero-order valence-electron chi connectivity index (χ0n) is 6.41. The fourth-order valence-corrected chi connectivity index (χ4v) is 0.685. The Morgan fingerprint density at radius 3 is 1.62 bits per heavy atom. The third kappa shape index (κ3) is 4.19. The van der Waals surface area contributed by atoms with Crippen LogP contribution in [0.3, 0.4) is 0 Å². The second-order valence-electron chi connectivity index (χ2n) is 2.34. The van der Waals surface area contributed by atoms with E-state index in [-0.39, 0.29) is 0 Å². The van der Waals surface area contributed by atoms with Crippen molar-refractivity contribution in [2.75, 3.05) is 0 Å². The monoisotopic (exact) mass is 205 g/mol. The summed E-state index contributed by atoms with van der Waals surface area (Å²) in [6.07, 6.45) is -9.97. The van der Waals surface area contributed by atoms with Gasteiger partial charge in [-0.3, -0.25) is 0 Å². The summed E-state index contributed by atoms with van der Waals surface area (Å²) in [6.45, 7) is 3.01. The van der Waals surface area contributed by atoms with E-state index in [4.69, 9.17) is 0 Å². The molecule has 0 aromatic carbocycles. The molecule has 0 amide bonds. The molecular formula is C7H7F6. The quantitative estimate of drug-likeness (QED) is 0.605. The Morgan fingerprint density at radius 2 is 1.38 bits per heavy atom. The van der Waals surface area contributed by atoms with Gasteiger partial charge >= 0.3 is 12.4 Å². The van der Waals surface area contributed by atoms with E-state index in [2.05, 4.69) is 6.92 Å². The number of alkyl halides is 6. The Bertz CT molecular complexity index is 160. The molecule has 0 aliphatic carbocycles. The fourth-order valence-electron chi connectivity index (χ4n) is 0.685. The molecule has 0 heterocycles. The topological polar surface area (TPSA) is 0 Å². The molecule has 0 spiro atoms. The molecule has 0 aromatic rings. The van der Waals surface area contributed by atoms with Gasteiger partial charge in [-0.15, -0.1) is 0 Å². The molecule has 0 bridgehead atoms. The molecule has 0 rings (SSSR count). The molecule has 0 aliphatic heterocycles. The highest BCUT2D eigenvalue weighted by molar-refractivity contribution is 4.90. The molecule has 1 radical (unpaired) electrons. The van der Waals surface area contributed by atoms with E-state index in [1.807, 2.05) is 0 Å². The summed E-state index contributed by atoms with van der Waals surface area (Å²) in [7, 11) is 0. The predicted octanol–water partition coefficient (Wildman–Crippen LogP) is 3.51. The van der Waals surface area contributed by atoms with Crippen LogP contribution in [-0.4, -0.2) is 12.4 Å². The summed E-state index contributed by atoms with van der Waals surface area (Å²) >= 11 is 0. The lowest BCUT2D eigenvalue weighted by atomic mass is 10.0. The third-order valence-electron chi connectivity index (χ3n) is 1.33. The van der Waals surface area contributed by atoms with Crippen molar-refractivity contribution in [1.29, 1.82) is 0 Å². The summed E-state index contributed by atoms with van der Waals surface area (Å²) < 4.78 is 70.6. The highest BCUT2D eigenvalue weighted by Gasteiger charge is 2.55. The van der Waals surface area contributed by atoms with Gasteiger partial charge in [0, 0.05) is 0 Å². The van der Waals surface area contributed by atoms with Gasteiger partial charge in [-0.25, -0.2) is 0 Å². The van der Waals surface area contributed by atoms with E-state index in [1.165, 1.54) is 0 Å². The van der Waals surface area contributed by atoms with Crippen molar-refractivity contribution in [3.8, 4) is 0 Å². The van der Waals surface area contributed by atoms with Gasteiger partial charge in [0.1, 0.15) is 0 Å².